The van der Waals surface area contributed by atoms with Gasteiger partial charge >= 0.3 is 0 Å². The zero-order valence-corrected chi connectivity index (χ0v) is 13.4. The van der Waals surface area contributed by atoms with Gasteiger partial charge in [-0.2, -0.15) is 5.26 Å². The molecule has 0 aliphatic carbocycles. The Kier molecular flexibility index (Phi) is 4.31. The Morgan fingerprint density at radius 3 is 2.95 bits per heavy atom. The summed E-state index contributed by atoms with van der Waals surface area (Å²) in [5.74, 6) is 0. The number of fused-ring (bicyclic) bond motifs is 1. The molecule has 1 N–H and O–H groups in total. The lowest BCUT2D eigenvalue weighted by atomic mass is 9.94. The van der Waals surface area contributed by atoms with Gasteiger partial charge in [0.25, 0.3) is 0 Å². The molecule has 1 aliphatic heterocycles. The maximum atomic E-state index is 9.45. The number of nitrogens with zero attached hydrogens (tertiary/aromatic N) is 2. The molecule has 1 atom stereocenters. The number of hydrogen-bond donors (Lipinski definition) is 1. The van der Waals surface area contributed by atoms with E-state index >= 15 is 0 Å². The molecule has 0 spiro atoms. The number of aromatic nitrogens is 1. The first kappa shape index (κ1) is 14.9. The number of nitrogens with one attached hydrogen (secondary N) is 1. The summed E-state index contributed by atoms with van der Waals surface area (Å²) >= 11 is 0. The van der Waals surface area contributed by atoms with E-state index in [2.05, 4.69) is 60.3 Å². The van der Waals surface area contributed by atoms with Crippen molar-refractivity contribution in [3.63, 3.8) is 0 Å². The molecule has 0 fully saturated rings. The molecule has 114 valence electrons. The van der Waals surface area contributed by atoms with Crippen molar-refractivity contribution in [1.82, 2.24) is 9.88 Å². The molecule has 3 nitrogen and oxygen atoms in total. The van der Waals surface area contributed by atoms with Gasteiger partial charge in [-0.15, -0.1) is 0 Å². The van der Waals surface area contributed by atoms with Gasteiger partial charge in [0.1, 0.15) is 6.04 Å². The Bertz CT molecular complexity index is 732. The van der Waals surface area contributed by atoms with Gasteiger partial charge in [-0.3, -0.25) is 4.90 Å². The second-order valence-electron chi connectivity index (χ2n) is 6.17. The molecule has 0 saturated heterocycles. The normalized spacial score (nSPS) is 19.6. The SMILES string of the molecule is CCC1=C(C)CC(C#N)N(CCc2c[nH]c3ccccc23)C1. The lowest BCUT2D eigenvalue weighted by Crippen LogP contribution is -2.40. The van der Waals surface area contributed by atoms with Crippen molar-refractivity contribution in [2.45, 2.75) is 39.2 Å². The van der Waals surface area contributed by atoms with Crippen molar-refractivity contribution >= 4 is 10.9 Å². The first-order valence-corrected chi connectivity index (χ1v) is 8.09. The van der Waals surface area contributed by atoms with Crippen molar-refractivity contribution in [1.29, 1.82) is 5.26 Å². The highest BCUT2D eigenvalue weighted by atomic mass is 15.2. The van der Waals surface area contributed by atoms with Crippen LogP contribution in [0.4, 0.5) is 0 Å². The molecule has 3 heteroatoms. The van der Waals surface area contributed by atoms with E-state index < -0.39 is 0 Å². The first-order chi connectivity index (χ1) is 10.7. The van der Waals surface area contributed by atoms with E-state index in [1.807, 2.05) is 0 Å². The average molecular weight is 293 g/mol. The Morgan fingerprint density at radius 2 is 2.18 bits per heavy atom. The van der Waals surface area contributed by atoms with Gasteiger partial charge in [0.15, 0.2) is 0 Å². The molecule has 1 unspecified atom stereocenters. The summed E-state index contributed by atoms with van der Waals surface area (Å²) in [4.78, 5) is 5.68. The lowest BCUT2D eigenvalue weighted by molar-refractivity contribution is 0.238. The number of aromatic amines is 1. The lowest BCUT2D eigenvalue weighted by Gasteiger charge is -2.33. The van der Waals surface area contributed by atoms with Gasteiger partial charge in [0, 0.05) is 30.2 Å². The molecule has 1 aromatic carbocycles. The summed E-state index contributed by atoms with van der Waals surface area (Å²) in [6.45, 7) is 6.28. The quantitative estimate of drug-likeness (QED) is 0.865. The van der Waals surface area contributed by atoms with E-state index in [1.165, 1.54) is 27.6 Å². The predicted molar refractivity (Wildman–Crippen MR) is 90.6 cm³/mol. The molecule has 1 aliphatic rings. The summed E-state index contributed by atoms with van der Waals surface area (Å²) in [5, 5.41) is 10.7. The van der Waals surface area contributed by atoms with Crippen LogP contribution in [-0.2, 0) is 6.42 Å². The van der Waals surface area contributed by atoms with E-state index in [0.717, 1.165) is 32.4 Å². The highest BCUT2D eigenvalue weighted by molar-refractivity contribution is 5.83. The molecule has 1 aromatic heterocycles. The van der Waals surface area contributed by atoms with E-state index in [4.69, 9.17) is 0 Å². The van der Waals surface area contributed by atoms with Crippen LogP contribution in [0.15, 0.2) is 41.6 Å². The van der Waals surface area contributed by atoms with Crippen molar-refractivity contribution in [2.75, 3.05) is 13.1 Å². The second-order valence-corrected chi connectivity index (χ2v) is 6.17. The predicted octanol–water partition coefficient (Wildman–Crippen LogP) is 4.03. The fraction of sp³-hybridized carbons (Fsp3) is 0.421. The number of hydrogen-bond acceptors (Lipinski definition) is 2. The topological polar surface area (TPSA) is 42.8 Å². The zero-order chi connectivity index (χ0) is 15.5. The maximum absolute atomic E-state index is 9.45. The molecule has 0 radical (unpaired) electrons. The molecule has 2 aromatic rings. The molecule has 0 saturated carbocycles. The Labute approximate surface area is 132 Å². The van der Waals surface area contributed by atoms with Crippen LogP contribution in [0.3, 0.4) is 0 Å². The minimum atomic E-state index is 0.0282. The van der Waals surface area contributed by atoms with Gasteiger partial charge < -0.3 is 4.98 Å². The third-order valence-electron chi connectivity index (χ3n) is 4.86. The van der Waals surface area contributed by atoms with Crippen molar-refractivity contribution in [3.05, 3.63) is 47.2 Å². The van der Waals surface area contributed by atoms with Gasteiger partial charge in [-0.05, 0) is 37.8 Å². The summed E-state index contributed by atoms with van der Waals surface area (Å²) in [6, 6.07) is 10.9. The Morgan fingerprint density at radius 1 is 1.36 bits per heavy atom. The van der Waals surface area contributed by atoms with Crippen LogP contribution in [0.2, 0.25) is 0 Å². The van der Waals surface area contributed by atoms with Crippen LogP contribution in [0.1, 0.15) is 32.3 Å². The van der Waals surface area contributed by atoms with E-state index in [1.54, 1.807) is 0 Å². The van der Waals surface area contributed by atoms with Crippen LogP contribution in [0.25, 0.3) is 10.9 Å². The molecule has 2 heterocycles. The minimum Gasteiger partial charge on any atom is -0.361 e. The molecule has 0 bridgehead atoms. The van der Waals surface area contributed by atoms with Crippen LogP contribution >= 0.6 is 0 Å². The van der Waals surface area contributed by atoms with Crippen molar-refractivity contribution in [2.24, 2.45) is 0 Å². The van der Waals surface area contributed by atoms with Crippen LogP contribution in [0.5, 0.6) is 0 Å². The number of nitriles is 1. The third kappa shape index (κ3) is 2.80. The summed E-state index contributed by atoms with van der Waals surface area (Å²) in [6.07, 6.45) is 5.08. The van der Waals surface area contributed by atoms with Gasteiger partial charge in [0.05, 0.1) is 6.07 Å². The molecule has 3 rings (SSSR count). The fourth-order valence-electron chi connectivity index (χ4n) is 3.43. The van der Waals surface area contributed by atoms with Gasteiger partial charge in [0.2, 0.25) is 0 Å². The van der Waals surface area contributed by atoms with Crippen LogP contribution in [-0.4, -0.2) is 29.0 Å². The monoisotopic (exact) mass is 293 g/mol. The van der Waals surface area contributed by atoms with Gasteiger partial charge in [-0.1, -0.05) is 36.3 Å². The first-order valence-electron chi connectivity index (χ1n) is 8.09. The van der Waals surface area contributed by atoms with E-state index in [-0.39, 0.29) is 6.04 Å². The van der Waals surface area contributed by atoms with E-state index in [0.29, 0.717) is 0 Å². The highest BCUT2D eigenvalue weighted by Gasteiger charge is 2.25. The smallest absolute Gasteiger partial charge is 0.102 e. The Balaban J connectivity index is 1.74. The van der Waals surface area contributed by atoms with Crippen LogP contribution < -0.4 is 0 Å². The van der Waals surface area contributed by atoms with E-state index in [9.17, 15) is 5.26 Å². The number of para-hydroxylation sites is 1. The third-order valence-corrected chi connectivity index (χ3v) is 4.86. The number of rotatable bonds is 4. The number of H-pyrrole nitrogens is 1. The molecular weight excluding hydrogens is 270 g/mol. The summed E-state index contributed by atoms with van der Waals surface area (Å²) < 4.78 is 0. The molecule has 0 amide bonds. The summed E-state index contributed by atoms with van der Waals surface area (Å²) in [5.41, 5.74) is 5.46. The molecular formula is C19H23N3. The number of benzene rings is 1. The van der Waals surface area contributed by atoms with Gasteiger partial charge in [-0.25, -0.2) is 0 Å². The highest BCUT2D eigenvalue weighted by Crippen LogP contribution is 2.25. The second kappa shape index (κ2) is 6.37. The summed E-state index contributed by atoms with van der Waals surface area (Å²) in [7, 11) is 0. The minimum absolute atomic E-state index is 0.0282. The Hall–Kier alpha value is -2.05. The fourth-order valence-corrected chi connectivity index (χ4v) is 3.43. The average Bonchev–Trinajstić information content (AvgIpc) is 2.96. The van der Waals surface area contributed by atoms with Crippen molar-refractivity contribution < 1.29 is 0 Å². The largest absolute Gasteiger partial charge is 0.361 e. The maximum Gasteiger partial charge on any atom is 0.102 e. The van der Waals surface area contributed by atoms with Crippen LogP contribution in [0, 0.1) is 11.3 Å². The molecule has 22 heavy (non-hydrogen) atoms. The zero-order valence-electron chi connectivity index (χ0n) is 13.4. The standard InChI is InChI=1S/C19H23N3/c1-3-15-13-22(17(11-20)10-14(15)2)9-8-16-12-21-19-7-5-4-6-18(16)19/h4-7,12,17,21H,3,8-10,13H2,1-2H3. The van der Waals surface area contributed by atoms with Crippen molar-refractivity contribution in [3.8, 4) is 6.07 Å².